The Bertz CT molecular complexity index is 134. The van der Waals surface area contributed by atoms with E-state index in [1.807, 2.05) is 0 Å². The Balaban J connectivity index is 5.02. The summed E-state index contributed by atoms with van der Waals surface area (Å²) in [4.78, 5) is 1.21. The third kappa shape index (κ3) is 4.27. The van der Waals surface area contributed by atoms with Crippen LogP contribution in [0.2, 0.25) is 57.2 Å². The lowest BCUT2D eigenvalue weighted by Crippen LogP contribution is -2.57. The van der Waals surface area contributed by atoms with Crippen LogP contribution in [0.5, 0.6) is 0 Å². The van der Waals surface area contributed by atoms with Crippen molar-refractivity contribution in [1.82, 2.24) is 0 Å². The van der Waals surface area contributed by atoms with Crippen molar-refractivity contribution in [2.75, 3.05) is 0 Å². The Morgan fingerprint density at radius 2 is 0.923 bits per heavy atom. The maximum atomic E-state index is 2.63. The Labute approximate surface area is 90.8 Å². The highest BCUT2D eigenvalue weighted by Crippen LogP contribution is 2.38. The number of hydrogen-bond donors (Lipinski definition) is 0. The van der Waals surface area contributed by atoms with Gasteiger partial charge in [-0.2, -0.15) is 0 Å². The lowest BCUT2D eigenvalue weighted by molar-refractivity contribution is 1.37. The van der Waals surface area contributed by atoms with Gasteiger partial charge in [0.15, 0.2) is 0 Å². The fourth-order valence-electron chi connectivity index (χ4n) is 3.90. The summed E-state index contributed by atoms with van der Waals surface area (Å²) < 4.78 is 0. The molecule has 0 bridgehead atoms. The van der Waals surface area contributed by atoms with Crippen LogP contribution in [0.25, 0.3) is 0 Å². The van der Waals surface area contributed by atoms with Crippen LogP contribution in [0.15, 0.2) is 0 Å². The summed E-state index contributed by atoms with van der Waals surface area (Å²) in [6.45, 7) is 20.8. The summed E-state index contributed by atoms with van der Waals surface area (Å²) in [6.07, 6.45) is 0. The molecule has 0 aliphatic heterocycles. The topological polar surface area (TPSA) is 0 Å². The fraction of sp³-hybridized carbons (Fsp3) is 1.00. The molecule has 13 heavy (non-hydrogen) atoms. The van der Waals surface area contributed by atoms with E-state index in [0.717, 1.165) is 0 Å². The maximum Gasteiger partial charge on any atom is 0.0418 e. The van der Waals surface area contributed by atoms with E-state index in [4.69, 9.17) is 0 Å². The second-order valence-electron chi connectivity index (χ2n) is 7.53. The highest BCUT2D eigenvalue weighted by molar-refractivity contribution is 7.29. The molecule has 0 aliphatic carbocycles. The minimum Gasteiger partial charge on any atom is -0.0722 e. The van der Waals surface area contributed by atoms with Crippen molar-refractivity contribution in [2.45, 2.75) is 57.2 Å². The van der Waals surface area contributed by atoms with Gasteiger partial charge in [0.05, 0.1) is 0 Å². The van der Waals surface area contributed by atoms with Crippen LogP contribution in [-0.4, -0.2) is 33.5 Å². The second kappa shape index (κ2) is 3.79. The van der Waals surface area contributed by atoms with Gasteiger partial charge in [-0.15, -0.1) is 0 Å². The van der Waals surface area contributed by atoms with Crippen LogP contribution in [0.1, 0.15) is 0 Å². The molecule has 0 aromatic heterocycles. The molecule has 0 N–H and O–H groups in total. The average Bonchev–Trinajstić information content (AvgIpc) is 1.44. The zero-order valence-corrected chi connectivity index (χ0v) is 16.1. The molecule has 0 nitrogen and oxygen atoms in total. The molecule has 0 spiro atoms. The molecule has 0 atom stereocenters. The van der Waals surface area contributed by atoms with Crippen LogP contribution in [0, 0.1) is 0 Å². The van der Waals surface area contributed by atoms with E-state index in [1.54, 1.807) is 0 Å². The minimum absolute atomic E-state index is 0.795. The van der Waals surface area contributed by atoms with Crippen molar-refractivity contribution in [3.05, 3.63) is 0 Å². The summed E-state index contributed by atoms with van der Waals surface area (Å²) in [7, 11) is -1.11. The summed E-state index contributed by atoms with van der Waals surface area (Å²) in [6, 6.07) is 0. The van der Waals surface area contributed by atoms with Crippen LogP contribution < -0.4 is 0 Å². The molecular formula is C9H28Si4. The van der Waals surface area contributed by atoms with Crippen molar-refractivity contribution >= 4 is 33.5 Å². The molecule has 0 saturated carbocycles. The molecule has 0 unspecified atom stereocenters. The lowest BCUT2D eigenvalue weighted by atomic mass is 11.7. The van der Waals surface area contributed by atoms with Crippen molar-refractivity contribution in [2.24, 2.45) is 0 Å². The third-order valence-corrected chi connectivity index (χ3v) is 28.6. The Morgan fingerprint density at radius 1 is 0.692 bits per heavy atom. The molecule has 0 aliphatic rings. The van der Waals surface area contributed by atoms with Crippen LogP contribution in [-0.2, 0) is 0 Å². The second-order valence-corrected chi connectivity index (χ2v) is 32.9. The van der Waals surface area contributed by atoms with E-state index in [9.17, 15) is 0 Å². The molecule has 0 aromatic rings. The van der Waals surface area contributed by atoms with Gasteiger partial charge in [0.2, 0.25) is 0 Å². The molecule has 0 fully saturated rings. The molecular weight excluding hydrogens is 220 g/mol. The van der Waals surface area contributed by atoms with E-state index in [-0.39, 0.29) is 0 Å². The van der Waals surface area contributed by atoms with E-state index >= 15 is 0 Å². The predicted molar refractivity (Wildman–Crippen MR) is 77.9 cm³/mol. The van der Waals surface area contributed by atoms with Crippen molar-refractivity contribution in [1.29, 1.82) is 0 Å². The number of hydrogen-bond acceptors (Lipinski definition) is 0. The summed E-state index contributed by atoms with van der Waals surface area (Å²) >= 11 is 0. The molecule has 4 heteroatoms. The van der Waals surface area contributed by atoms with E-state index in [2.05, 4.69) is 52.4 Å². The quantitative estimate of drug-likeness (QED) is 0.674. The SMILES string of the molecule is C[Si](C)(C)C([Si](C)(C)C)[Si](C)(C)[SiH3]. The van der Waals surface area contributed by atoms with Crippen LogP contribution >= 0.6 is 0 Å². The first-order valence-corrected chi connectivity index (χ1v) is 19.1. The van der Waals surface area contributed by atoms with Gasteiger partial charge in [0.1, 0.15) is 0 Å². The molecule has 0 radical (unpaired) electrons. The van der Waals surface area contributed by atoms with Gasteiger partial charge in [-0.3, -0.25) is 0 Å². The lowest BCUT2D eigenvalue weighted by Gasteiger charge is -2.46. The maximum absolute atomic E-state index is 2.63. The van der Waals surface area contributed by atoms with Crippen LogP contribution in [0.4, 0.5) is 0 Å². The predicted octanol–water partition coefficient (Wildman–Crippen LogP) is 2.68. The fourth-order valence-corrected chi connectivity index (χ4v) is 50.7. The molecule has 0 rings (SSSR count). The third-order valence-electron chi connectivity index (χ3n) is 2.60. The standard InChI is InChI=1S/C9H28Si4/c1-11(2,3)9(12(4,5)6)13(7,8)10/h9H,1-8,10H3. The number of rotatable bonds is 3. The van der Waals surface area contributed by atoms with Gasteiger partial charge in [-0.05, 0) is 9.76 Å². The van der Waals surface area contributed by atoms with Gasteiger partial charge in [0.25, 0.3) is 0 Å². The summed E-state index contributed by atoms with van der Waals surface area (Å²) in [5, 5.41) is 0. The monoisotopic (exact) mass is 248 g/mol. The normalized spacial score (nSPS) is 15.5. The van der Waals surface area contributed by atoms with E-state index in [0.29, 0.717) is 0 Å². The Morgan fingerprint density at radius 3 is 0.923 bits per heavy atom. The highest BCUT2D eigenvalue weighted by atomic mass is 29.2. The van der Waals surface area contributed by atoms with Gasteiger partial charge < -0.3 is 0 Å². The van der Waals surface area contributed by atoms with Gasteiger partial charge in [0, 0.05) is 23.7 Å². The molecule has 0 aromatic carbocycles. The first kappa shape index (κ1) is 13.9. The Kier molecular flexibility index (Phi) is 4.04. The van der Waals surface area contributed by atoms with Crippen molar-refractivity contribution in [3.8, 4) is 0 Å². The van der Waals surface area contributed by atoms with E-state index in [1.165, 1.54) is 14.5 Å². The smallest absolute Gasteiger partial charge is 0.0418 e. The van der Waals surface area contributed by atoms with Crippen molar-refractivity contribution < 1.29 is 0 Å². The largest absolute Gasteiger partial charge is 0.0722 e. The zero-order valence-electron chi connectivity index (χ0n) is 11.1. The molecule has 0 heterocycles. The van der Waals surface area contributed by atoms with Gasteiger partial charge >= 0.3 is 0 Å². The molecule has 0 saturated heterocycles. The summed E-state index contributed by atoms with van der Waals surface area (Å²) in [5.41, 5.74) is 0. The summed E-state index contributed by atoms with van der Waals surface area (Å²) in [5.74, 6) is 0. The molecule has 80 valence electrons. The first-order valence-electron chi connectivity index (χ1n) is 5.37. The van der Waals surface area contributed by atoms with E-state index < -0.39 is 23.7 Å². The van der Waals surface area contributed by atoms with Crippen LogP contribution in [0.3, 0.4) is 0 Å². The minimum atomic E-state index is -0.899. The first-order chi connectivity index (χ1) is 5.37. The Hall–Kier alpha value is 0.868. The highest BCUT2D eigenvalue weighted by Gasteiger charge is 2.45. The average molecular weight is 249 g/mol. The van der Waals surface area contributed by atoms with Crippen molar-refractivity contribution in [3.63, 3.8) is 0 Å². The molecule has 0 amide bonds. The van der Waals surface area contributed by atoms with Gasteiger partial charge in [-0.1, -0.05) is 57.2 Å². The zero-order chi connectivity index (χ0) is 11.1. The van der Waals surface area contributed by atoms with Gasteiger partial charge in [-0.25, -0.2) is 0 Å².